The number of nitrogens with zero attached hydrogens (tertiary/aromatic N) is 1. The van der Waals surface area contributed by atoms with Crippen molar-refractivity contribution in [3.8, 4) is 5.75 Å². The molecule has 0 aromatic heterocycles. The van der Waals surface area contributed by atoms with E-state index in [1.807, 2.05) is 84.9 Å². The van der Waals surface area contributed by atoms with Gasteiger partial charge in [-0.2, -0.15) is 0 Å². The number of para-hydroxylation sites is 2. The van der Waals surface area contributed by atoms with E-state index in [9.17, 15) is 9.90 Å². The zero-order valence-electron chi connectivity index (χ0n) is 18.1. The zero-order valence-corrected chi connectivity index (χ0v) is 18.9. The first-order valence-electron chi connectivity index (χ1n) is 10.6. The Bertz CT molecular complexity index is 1220. The van der Waals surface area contributed by atoms with Crippen LogP contribution in [-0.4, -0.2) is 22.7 Å². The Morgan fingerprint density at radius 3 is 2.36 bits per heavy atom. The molecule has 0 amide bonds. The highest BCUT2D eigenvalue weighted by Crippen LogP contribution is 2.41. The summed E-state index contributed by atoms with van der Waals surface area (Å²) in [6.07, 6.45) is 1.80. The number of hydrogen-bond donors (Lipinski definition) is 1. The SMILES string of the molecule is CCOC(=O)C1=C(O)/C(=C/c2ccccc2OCc2ccccc2)SC1=Nc1ccccc1. The van der Waals surface area contributed by atoms with Gasteiger partial charge in [0.2, 0.25) is 0 Å². The van der Waals surface area contributed by atoms with Gasteiger partial charge in [-0.15, -0.1) is 0 Å². The normalized spacial score (nSPS) is 15.8. The zero-order chi connectivity index (χ0) is 23.0. The quantitative estimate of drug-likeness (QED) is 0.413. The van der Waals surface area contributed by atoms with Crippen LogP contribution in [0.25, 0.3) is 6.08 Å². The average Bonchev–Trinajstić information content (AvgIpc) is 3.14. The lowest BCUT2D eigenvalue weighted by Crippen LogP contribution is -2.12. The molecule has 0 aliphatic carbocycles. The van der Waals surface area contributed by atoms with Gasteiger partial charge in [-0.25, -0.2) is 9.79 Å². The molecule has 0 spiro atoms. The number of esters is 1. The summed E-state index contributed by atoms with van der Waals surface area (Å²) in [6, 6.07) is 26.8. The van der Waals surface area contributed by atoms with E-state index in [4.69, 9.17) is 9.47 Å². The summed E-state index contributed by atoms with van der Waals surface area (Å²) in [4.78, 5) is 17.7. The van der Waals surface area contributed by atoms with Crippen molar-refractivity contribution >= 4 is 34.5 Å². The van der Waals surface area contributed by atoms with Gasteiger partial charge in [0.25, 0.3) is 0 Å². The van der Waals surface area contributed by atoms with Crippen molar-refractivity contribution in [2.24, 2.45) is 4.99 Å². The fraction of sp³-hybridized carbons (Fsp3) is 0.111. The van der Waals surface area contributed by atoms with Crippen LogP contribution < -0.4 is 4.74 Å². The minimum absolute atomic E-state index is 0.0691. The van der Waals surface area contributed by atoms with Gasteiger partial charge >= 0.3 is 5.97 Å². The topological polar surface area (TPSA) is 68.1 Å². The predicted molar refractivity (Wildman–Crippen MR) is 133 cm³/mol. The fourth-order valence-corrected chi connectivity index (χ4v) is 4.25. The summed E-state index contributed by atoms with van der Waals surface area (Å²) >= 11 is 1.22. The second kappa shape index (κ2) is 10.7. The second-order valence-corrected chi connectivity index (χ2v) is 8.15. The van der Waals surface area contributed by atoms with E-state index in [1.54, 1.807) is 13.0 Å². The van der Waals surface area contributed by atoms with Crippen molar-refractivity contribution < 1.29 is 19.4 Å². The summed E-state index contributed by atoms with van der Waals surface area (Å²) in [6.45, 7) is 2.35. The number of carbonyl (C=O) groups excluding carboxylic acids is 1. The third kappa shape index (κ3) is 5.54. The number of hydrogen-bond acceptors (Lipinski definition) is 6. The van der Waals surface area contributed by atoms with Crippen molar-refractivity contribution in [1.82, 2.24) is 0 Å². The highest BCUT2D eigenvalue weighted by molar-refractivity contribution is 8.18. The van der Waals surface area contributed by atoms with Crippen LogP contribution in [0.1, 0.15) is 18.1 Å². The monoisotopic (exact) mass is 457 g/mol. The Balaban J connectivity index is 1.66. The highest BCUT2D eigenvalue weighted by Gasteiger charge is 2.33. The van der Waals surface area contributed by atoms with Crippen molar-refractivity contribution in [1.29, 1.82) is 0 Å². The summed E-state index contributed by atoms with van der Waals surface area (Å²) in [5, 5.41) is 11.3. The molecule has 4 rings (SSSR count). The standard InChI is InChI=1S/C27H23NO4S/c1-2-31-27(30)24-25(29)23(33-26(24)28-21-14-7-4-8-15-21)17-20-13-9-10-16-22(20)32-18-19-11-5-3-6-12-19/h3-17,29H,2,18H2,1H3/b23-17-,28-26?. The molecule has 1 heterocycles. The third-order valence-corrected chi connectivity index (χ3v) is 5.82. The molecule has 0 fully saturated rings. The molecular formula is C27H23NO4S. The molecule has 1 aliphatic heterocycles. The molecule has 166 valence electrons. The molecule has 3 aromatic carbocycles. The third-order valence-electron chi connectivity index (χ3n) is 4.80. The first kappa shape index (κ1) is 22.4. The van der Waals surface area contributed by atoms with Gasteiger partial charge in [0.1, 0.15) is 28.7 Å². The molecule has 6 heteroatoms. The average molecular weight is 458 g/mol. The number of aliphatic hydroxyl groups is 1. The lowest BCUT2D eigenvalue weighted by Gasteiger charge is -2.10. The van der Waals surface area contributed by atoms with Gasteiger partial charge in [-0.05, 0) is 36.8 Å². The molecule has 5 nitrogen and oxygen atoms in total. The number of ether oxygens (including phenoxy) is 2. The Morgan fingerprint density at radius 1 is 0.970 bits per heavy atom. The molecule has 1 aliphatic rings. The van der Waals surface area contributed by atoms with E-state index >= 15 is 0 Å². The van der Waals surface area contributed by atoms with E-state index < -0.39 is 5.97 Å². The Morgan fingerprint density at radius 2 is 1.64 bits per heavy atom. The lowest BCUT2D eigenvalue weighted by atomic mass is 10.1. The molecule has 3 aromatic rings. The van der Waals surface area contributed by atoms with Crippen LogP contribution in [0.15, 0.2) is 106 Å². The summed E-state index contributed by atoms with van der Waals surface area (Å²) < 4.78 is 11.2. The predicted octanol–water partition coefficient (Wildman–Crippen LogP) is 6.46. The van der Waals surface area contributed by atoms with E-state index in [2.05, 4.69) is 4.99 Å². The molecule has 0 saturated carbocycles. The second-order valence-electron chi connectivity index (χ2n) is 7.12. The van der Waals surface area contributed by atoms with Gasteiger partial charge in [-0.3, -0.25) is 0 Å². The van der Waals surface area contributed by atoms with Crippen molar-refractivity contribution in [2.75, 3.05) is 6.61 Å². The van der Waals surface area contributed by atoms with E-state index in [1.165, 1.54) is 11.8 Å². The van der Waals surface area contributed by atoms with Gasteiger partial charge in [0.05, 0.1) is 17.2 Å². The minimum atomic E-state index is -0.603. The summed E-state index contributed by atoms with van der Waals surface area (Å²) in [5.74, 6) is -0.0754. The minimum Gasteiger partial charge on any atom is -0.506 e. The van der Waals surface area contributed by atoms with Crippen molar-refractivity contribution in [3.05, 3.63) is 112 Å². The smallest absolute Gasteiger partial charge is 0.344 e. The van der Waals surface area contributed by atoms with Gasteiger partial charge < -0.3 is 14.6 Å². The number of aliphatic hydroxyl groups excluding tert-OH is 1. The van der Waals surface area contributed by atoms with Crippen molar-refractivity contribution in [3.63, 3.8) is 0 Å². The molecule has 1 N–H and O–H groups in total. The van der Waals surface area contributed by atoms with Crippen LogP contribution in [0.3, 0.4) is 0 Å². The van der Waals surface area contributed by atoms with Crippen molar-refractivity contribution in [2.45, 2.75) is 13.5 Å². The molecular weight excluding hydrogens is 434 g/mol. The largest absolute Gasteiger partial charge is 0.506 e. The van der Waals surface area contributed by atoms with Crippen LogP contribution in [-0.2, 0) is 16.1 Å². The van der Waals surface area contributed by atoms with Crippen LogP contribution >= 0.6 is 11.8 Å². The Labute approximate surface area is 197 Å². The molecule has 33 heavy (non-hydrogen) atoms. The summed E-state index contributed by atoms with van der Waals surface area (Å²) in [5.41, 5.74) is 2.59. The van der Waals surface area contributed by atoms with E-state index in [0.29, 0.717) is 28.0 Å². The number of rotatable bonds is 7. The molecule has 0 bridgehead atoms. The van der Waals surface area contributed by atoms with Gasteiger partial charge in [0.15, 0.2) is 0 Å². The van der Waals surface area contributed by atoms with Crippen LogP contribution in [0, 0.1) is 0 Å². The molecule has 0 atom stereocenters. The first-order chi connectivity index (χ1) is 16.2. The molecule has 0 unspecified atom stereocenters. The van der Waals surface area contributed by atoms with Gasteiger partial charge in [-0.1, -0.05) is 78.5 Å². The maximum Gasteiger partial charge on any atom is 0.344 e. The number of benzene rings is 3. The molecule has 0 saturated heterocycles. The summed E-state index contributed by atoms with van der Waals surface area (Å²) in [7, 11) is 0. The van der Waals surface area contributed by atoms with Crippen LogP contribution in [0.2, 0.25) is 0 Å². The van der Waals surface area contributed by atoms with E-state index in [-0.39, 0.29) is 17.9 Å². The highest BCUT2D eigenvalue weighted by atomic mass is 32.2. The first-order valence-corrected chi connectivity index (χ1v) is 11.4. The van der Waals surface area contributed by atoms with Crippen LogP contribution in [0.4, 0.5) is 5.69 Å². The maximum absolute atomic E-state index is 12.6. The van der Waals surface area contributed by atoms with Crippen LogP contribution in [0.5, 0.6) is 5.75 Å². The lowest BCUT2D eigenvalue weighted by molar-refractivity contribution is -0.138. The Kier molecular flexibility index (Phi) is 7.27. The number of carbonyl (C=O) groups is 1. The number of thioether (sulfide) groups is 1. The fourth-order valence-electron chi connectivity index (χ4n) is 3.22. The van der Waals surface area contributed by atoms with Gasteiger partial charge in [0, 0.05) is 5.56 Å². The Hall–Kier alpha value is -3.77. The maximum atomic E-state index is 12.6. The number of aliphatic imine (C=N–C) groups is 1. The molecule has 0 radical (unpaired) electrons. The van der Waals surface area contributed by atoms with E-state index in [0.717, 1.165) is 11.1 Å².